The maximum absolute atomic E-state index is 12.1. The van der Waals surface area contributed by atoms with E-state index in [1.165, 1.54) is 18.5 Å². The van der Waals surface area contributed by atoms with Gasteiger partial charge in [0.25, 0.3) is 0 Å². The standard InChI is InChI=1S/C15H28F2N2/c1-13(18(3)12-9-15(16)17)7-6-8-14(2)19-10-4-5-11-19/h13,15H,2,4-12H2,1,3H3. The lowest BCUT2D eigenvalue weighted by molar-refractivity contribution is 0.112. The number of alkyl halides is 2. The van der Waals surface area contributed by atoms with E-state index in [4.69, 9.17) is 0 Å². The summed E-state index contributed by atoms with van der Waals surface area (Å²) < 4.78 is 24.3. The van der Waals surface area contributed by atoms with Crippen LogP contribution in [0.3, 0.4) is 0 Å². The van der Waals surface area contributed by atoms with Crippen LogP contribution >= 0.6 is 0 Å². The monoisotopic (exact) mass is 274 g/mol. The molecular weight excluding hydrogens is 246 g/mol. The molecule has 1 aliphatic rings. The van der Waals surface area contributed by atoms with E-state index in [-0.39, 0.29) is 6.42 Å². The highest BCUT2D eigenvalue weighted by atomic mass is 19.3. The third-order valence-electron chi connectivity index (χ3n) is 4.09. The molecule has 19 heavy (non-hydrogen) atoms. The van der Waals surface area contributed by atoms with E-state index in [1.807, 2.05) is 11.9 Å². The fourth-order valence-electron chi connectivity index (χ4n) is 2.54. The second-order valence-electron chi connectivity index (χ2n) is 5.66. The van der Waals surface area contributed by atoms with E-state index in [0.717, 1.165) is 32.4 Å². The Hall–Kier alpha value is -0.640. The van der Waals surface area contributed by atoms with Crippen molar-refractivity contribution < 1.29 is 8.78 Å². The van der Waals surface area contributed by atoms with Crippen molar-refractivity contribution in [2.45, 2.75) is 57.9 Å². The van der Waals surface area contributed by atoms with Gasteiger partial charge in [-0.05, 0) is 46.1 Å². The number of rotatable bonds is 9. The van der Waals surface area contributed by atoms with Crippen LogP contribution in [-0.4, -0.2) is 48.9 Å². The third-order valence-corrected chi connectivity index (χ3v) is 4.09. The van der Waals surface area contributed by atoms with Gasteiger partial charge in [0.1, 0.15) is 0 Å². The van der Waals surface area contributed by atoms with Gasteiger partial charge in [0.15, 0.2) is 0 Å². The number of hydrogen-bond acceptors (Lipinski definition) is 2. The fourth-order valence-corrected chi connectivity index (χ4v) is 2.54. The molecule has 2 nitrogen and oxygen atoms in total. The Balaban J connectivity index is 2.11. The van der Waals surface area contributed by atoms with Crippen molar-refractivity contribution in [3.8, 4) is 0 Å². The molecule has 1 unspecified atom stereocenters. The van der Waals surface area contributed by atoms with Gasteiger partial charge in [-0.3, -0.25) is 0 Å². The first kappa shape index (κ1) is 16.4. The van der Waals surface area contributed by atoms with Gasteiger partial charge < -0.3 is 9.80 Å². The molecule has 0 saturated carbocycles. The van der Waals surface area contributed by atoms with Gasteiger partial charge in [0.05, 0.1) is 0 Å². The van der Waals surface area contributed by atoms with Gasteiger partial charge in [-0.15, -0.1) is 0 Å². The molecule has 0 spiro atoms. The lowest BCUT2D eigenvalue weighted by Crippen LogP contribution is -2.31. The summed E-state index contributed by atoms with van der Waals surface area (Å²) in [4.78, 5) is 4.41. The van der Waals surface area contributed by atoms with Gasteiger partial charge >= 0.3 is 0 Å². The fraction of sp³-hybridized carbons (Fsp3) is 0.867. The molecule has 1 atom stereocenters. The Bertz CT molecular complexity index is 263. The zero-order valence-electron chi connectivity index (χ0n) is 12.4. The van der Waals surface area contributed by atoms with Crippen molar-refractivity contribution in [2.24, 2.45) is 0 Å². The minimum atomic E-state index is -2.19. The summed E-state index contributed by atoms with van der Waals surface area (Å²) >= 11 is 0. The van der Waals surface area contributed by atoms with E-state index in [2.05, 4.69) is 18.4 Å². The molecule has 1 aliphatic heterocycles. The van der Waals surface area contributed by atoms with Crippen LogP contribution < -0.4 is 0 Å². The lowest BCUT2D eigenvalue weighted by atomic mass is 10.1. The largest absolute Gasteiger partial charge is 0.375 e. The number of likely N-dealkylation sites (tertiary alicyclic amines) is 1. The molecule has 0 aromatic heterocycles. The van der Waals surface area contributed by atoms with Crippen LogP contribution in [0.15, 0.2) is 12.3 Å². The number of allylic oxidation sites excluding steroid dienone is 1. The Morgan fingerprint density at radius 1 is 1.26 bits per heavy atom. The van der Waals surface area contributed by atoms with Gasteiger partial charge in [-0.2, -0.15) is 0 Å². The van der Waals surface area contributed by atoms with E-state index < -0.39 is 6.43 Å². The minimum absolute atomic E-state index is 0.0265. The number of nitrogens with zero attached hydrogens (tertiary/aromatic N) is 2. The van der Waals surface area contributed by atoms with E-state index >= 15 is 0 Å². The molecule has 0 aromatic carbocycles. The first-order valence-electron chi connectivity index (χ1n) is 7.42. The molecule has 1 fully saturated rings. The molecule has 0 radical (unpaired) electrons. The highest BCUT2D eigenvalue weighted by molar-refractivity contribution is 4.95. The zero-order valence-corrected chi connectivity index (χ0v) is 12.4. The predicted octanol–water partition coefficient (Wildman–Crippen LogP) is 3.74. The predicted molar refractivity (Wildman–Crippen MR) is 76.5 cm³/mol. The first-order chi connectivity index (χ1) is 9.00. The van der Waals surface area contributed by atoms with Crippen molar-refractivity contribution >= 4 is 0 Å². The molecule has 4 heteroatoms. The maximum Gasteiger partial charge on any atom is 0.239 e. The molecule has 0 aliphatic carbocycles. The molecule has 0 amide bonds. The summed E-state index contributed by atoms with van der Waals surface area (Å²) in [5, 5.41) is 0. The van der Waals surface area contributed by atoms with Gasteiger partial charge in [-0.1, -0.05) is 6.58 Å². The van der Waals surface area contributed by atoms with Crippen LogP contribution in [0.25, 0.3) is 0 Å². The van der Waals surface area contributed by atoms with E-state index in [0.29, 0.717) is 12.6 Å². The normalized spacial score (nSPS) is 17.5. The van der Waals surface area contributed by atoms with Gasteiger partial charge in [-0.25, -0.2) is 8.78 Å². The highest BCUT2D eigenvalue weighted by Crippen LogP contribution is 2.19. The first-order valence-corrected chi connectivity index (χ1v) is 7.42. The van der Waals surface area contributed by atoms with Crippen molar-refractivity contribution in [1.82, 2.24) is 9.80 Å². The van der Waals surface area contributed by atoms with Crippen LogP contribution in [0, 0.1) is 0 Å². The Kier molecular flexibility index (Phi) is 7.36. The molecule has 0 aromatic rings. The van der Waals surface area contributed by atoms with Crippen LogP contribution in [0.4, 0.5) is 8.78 Å². The molecule has 112 valence electrons. The van der Waals surface area contributed by atoms with Crippen molar-refractivity contribution in [1.29, 1.82) is 0 Å². The Morgan fingerprint density at radius 3 is 2.47 bits per heavy atom. The highest BCUT2D eigenvalue weighted by Gasteiger charge is 2.14. The quantitative estimate of drug-likeness (QED) is 0.632. The Labute approximate surface area is 116 Å². The van der Waals surface area contributed by atoms with Crippen LogP contribution in [0.2, 0.25) is 0 Å². The second kappa shape index (κ2) is 8.51. The zero-order chi connectivity index (χ0) is 14.3. The molecule has 1 rings (SSSR count). The molecular formula is C15H28F2N2. The molecule has 1 saturated heterocycles. The summed E-state index contributed by atoms with van der Waals surface area (Å²) in [7, 11) is 1.93. The molecule has 1 heterocycles. The summed E-state index contributed by atoms with van der Waals surface area (Å²) in [6.45, 7) is 9.06. The summed E-state index contributed by atoms with van der Waals surface area (Å²) in [5.74, 6) is 0. The maximum atomic E-state index is 12.1. The summed E-state index contributed by atoms with van der Waals surface area (Å²) in [6.07, 6.45) is 3.53. The molecule has 0 bridgehead atoms. The average Bonchev–Trinajstić information content (AvgIpc) is 2.89. The van der Waals surface area contributed by atoms with Crippen molar-refractivity contribution in [3.63, 3.8) is 0 Å². The molecule has 0 N–H and O–H groups in total. The average molecular weight is 274 g/mol. The van der Waals surface area contributed by atoms with Gasteiger partial charge in [0.2, 0.25) is 6.43 Å². The van der Waals surface area contributed by atoms with Crippen LogP contribution in [0.5, 0.6) is 0 Å². The lowest BCUT2D eigenvalue weighted by Gasteiger charge is -2.25. The Morgan fingerprint density at radius 2 is 1.89 bits per heavy atom. The minimum Gasteiger partial charge on any atom is -0.375 e. The topological polar surface area (TPSA) is 6.48 Å². The number of hydrogen-bond donors (Lipinski definition) is 0. The van der Waals surface area contributed by atoms with Crippen LogP contribution in [0.1, 0.15) is 45.4 Å². The smallest absolute Gasteiger partial charge is 0.239 e. The van der Waals surface area contributed by atoms with E-state index in [9.17, 15) is 8.78 Å². The number of halogens is 2. The van der Waals surface area contributed by atoms with Crippen LogP contribution in [-0.2, 0) is 0 Å². The van der Waals surface area contributed by atoms with Gasteiger partial charge in [0, 0.05) is 37.8 Å². The summed E-state index contributed by atoms with van der Waals surface area (Å²) in [6, 6.07) is 0.366. The second-order valence-corrected chi connectivity index (χ2v) is 5.66. The van der Waals surface area contributed by atoms with E-state index in [1.54, 1.807) is 0 Å². The van der Waals surface area contributed by atoms with Crippen molar-refractivity contribution in [3.05, 3.63) is 12.3 Å². The third kappa shape index (κ3) is 6.37. The SMILES string of the molecule is C=C(CCCC(C)N(C)CCC(F)F)N1CCCC1. The van der Waals surface area contributed by atoms with Crippen molar-refractivity contribution in [2.75, 3.05) is 26.7 Å². The summed E-state index contributed by atoms with van der Waals surface area (Å²) in [5.41, 5.74) is 1.25.